The summed E-state index contributed by atoms with van der Waals surface area (Å²) in [5.41, 5.74) is 1.76. The molecule has 208 valence electrons. The molecule has 0 unspecified atom stereocenters. The van der Waals surface area contributed by atoms with E-state index in [9.17, 15) is 9.59 Å². The lowest BCUT2D eigenvalue weighted by atomic mass is 9.33. The molecule has 0 bridgehead atoms. The highest BCUT2D eigenvalue weighted by Crippen LogP contribution is 2.76. The summed E-state index contributed by atoms with van der Waals surface area (Å²) in [5.74, 6) is 2.45. The number of ether oxygens (including phenoxy) is 2. The predicted octanol–water partition coefficient (Wildman–Crippen LogP) is 7.75. The summed E-state index contributed by atoms with van der Waals surface area (Å²) in [7, 11) is 1.59. The van der Waals surface area contributed by atoms with Crippen molar-refractivity contribution in [3.05, 3.63) is 11.6 Å². The van der Waals surface area contributed by atoms with Crippen molar-refractivity contribution in [3.63, 3.8) is 0 Å². The van der Waals surface area contributed by atoms with Crippen LogP contribution in [0.2, 0.25) is 0 Å². The van der Waals surface area contributed by atoms with E-state index < -0.39 is 0 Å². The molecular formula is C33H52O4. The summed E-state index contributed by atoms with van der Waals surface area (Å²) in [6.07, 6.45) is 12.4. The van der Waals surface area contributed by atoms with Crippen molar-refractivity contribution in [2.45, 2.75) is 119 Å². The van der Waals surface area contributed by atoms with Crippen LogP contribution >= 0.6 is 0 Å². The molecule has 0 aromatic rings. The van der Waals surface area contributed by atoms with Crippen LogP contribution in [-0.4, -0.2) is 25.2 Å². The molecule has 5 rings (SSSR count). The first-order valence-corrected chi connectivity index (χ1v) is 15.2. The Bertz CT molecular complexity index is 996. The van der Waals surface area contributed by atoms with E-state index in [0.717, 1.165) is 44.9 Å². The van der Waals surface area contributed by atoms with E-state index in [1.54, 1.807) is 19.6 Å². The van der Waals surface area contributed by atoms with Gasteiger partial charge in [0.1, 0.15) is 6.10 Å². The van der Waals surface area contributed by atoms with Gasteiger partial charge in [-0.25, -0.2) is 0 Å². The Labute approximate surface area is 225 Å². The molecule has 0 aliphatic heterocycles. The van der Waals surface area contributed by atoms with Crippen LogP contribution < -0.4 is 0 Å². The monoisotopic (exact) mass is 512 g/mol. The molecule has 4 nitrogen and oxygen atoms in total. The number of carbonyl (C=O) groups excluding carboxylic acids is 2. The molecule has 0 heterocycles. The average Bonchev–Trinajstić information content (AvgIpc) is 2.83. The summed E-state index contributed by atoms with van der Waals surface area (Å²) < 4.78 is 11.4. The Kier molecular flexibility index (Phi) is 6.33. The van der Waals surface area contributed by atoms with Crippen LogP contribution in [0.1, 0.15) is 113 Å². The fourth-order valence-electron chi connectivity index (χ4n) is 11.4. The summed E-state index contributed by atoms with van der Waals surface area (Å²) in [4.78, 5) is 25.4. The van der Waals surface area contributed by atoms with E-state index in [-0.39, 0.29) is 45.1 Å². The molecule has 0 saturated heterocycles. The molecule has 4 saturated carbocycles. The molecule has 0 aromatic carbocycles. The third kappa shape index (κ3) is 3.45. The van der Waals surface area contributed by atoms with Crippen LogP contribution in [0, 0.1) is 56.7 Å². The number of hydrogen-bond acceptors (Lipinski definition) is 4. The molecule has 5 aliphatic carbocycles. The van der Waals surface area contributed by atoms with Crippen molar-refractivity contribution in [1.82, 2.24) is 0 Å². The maximum absolute atomic E-state index is 13.4. The molecule has 0 amide bonds. The molecular weight excluding hydrogens is 460 g/mol. The van der Waals surface area contributed by atoms with Gasteiger partial charge >= 0.3 is 11.9 Å². The van der Waals surface area contributed by atoms with Gasteiger partial charge in [-0.15, -0.1) is 0 Å². The van der Waals surface area contributed by atoms with E-state index in [1.807, 2.05) is 0 Å². The minimum atomic E-state index is -0.347. The Morgan fingerprint density at radius 1 is 0.892 bits per heavy atom. The largest absolute Gasteiger partial charge is 0.469 e. The molecule has 37 heavy (non-hydrogen) atoms. The van der Waals surface area contributed by atoms with Crippen molar-refractivity contribution >= 4 is 11.9 Å². The summed E-state index contributed by atoms with van der Waals surface area (Å²) in [6.45, 7) is 18.8. The van der Waals surface area contributed by atoms with E-state index >= 15 is 0 Å². The zero-order valence-electron chi connectivity index (χ0n) is 25.0. The molecule has 0 aromatic heterocycles. The number of hydrogen-bond donors (Lipinski definition) is 0. The van der Waals surface area contributed by atoms with Crippen LogP contribution in [0.25, 0.3) is 0 Å². The molecule has 0 N–H and O–H groups in total. The van der Waals surface area contributed by atoms with Crippen molar-refractivity contribution in [1.29, 1.82) is 0 Å². The van der Waals surface area contributed by atoms with E-state index in [2.05, 4.69) is 54.5 Å². The number of esters is 2. The highest BCUT2D eigenvalue weighted by Gasteiger charge is 2.69. The Morgan fingerprint density at radius 3 is 2.24 bits per heavy atom. The van der Waals surface area contributed by atoms with Gasteiger partial charge in [-0.3, -0.25) is 9.59 Å². The molecule has 4 heteroatoms. The zero-order valence-corrected chi connectivity index (χ0v) is 25.0. The highest BCUT2D eigenvalue weighted by molar-refractivity contribution is 5.78. The van der Waals surface area contributed by atoms with Gasteiger partial charge in [0.15, 0.2) is 0 Å². The Hall–Kier alpha value is -1.32. The second-order valence-electron chi connectivity index (χ2n) is 15.3. The van der Waals surface area contributed by atoms with E-state index in [1.165, 1.54) is 12.8 Å². The number of methoxy groups -OCH3 is 1. The maximum Gasteiger partial charge on any atom is 0.312 e. The smallest absolute Gasteiger partial charge is 0.312 e. The van der Waals surface area contributed by atoms with Gasteiger partial charge in [-0.2, -0.15) is 0 Å². The first kappa shape index (κ1) is 27.3. The highest BCUT2D eigenvalue weighted by atomic mass is 16.5. The first-order chi connectivity index (χ1) is 17.2. The van der Waals surface area contributed by atoms with Crippen LogP contribution in [0.4, 0.5) is 0 Å². The normalized spacial score (nSPS) is 50.4. The van der Waals surface area contributed by atoms with Crippen molar-refractivity contribution in [3.8, 4) is 0 Å². The van der Waals surface area contributed by atoms with Gasteiger partial charge in [0.25, 0.3) is 0 Å². The van der Waals surface area contributed by atoms with Gasteiger partial charge in [0.05, 0.1) is 12.5 Å². The summed E-state index contributed by atoms with van der Waals surface area (Å²) in [6, 6.07) is 0. The van der Waals surface area contributed by atoms with Crippen LogP contribution in [-0.2, 0) is 19.1 Å². The molecule has 5 aliphatic rings. The third-order valence-electron chi connectivity index (χ3n) is 13.8. The van der Waals surface area contributed by atoms with Crippen molar-refractivity contribution < 1.29 is 19.1 Å². The minimum Gasteiger partial charge on any atom is -0.469 e. The van der Waals surface area contributed by atoms with Gasteiger partial charge < -0.3 is 9.47 Å². The van der Waals surface area contributed by atoms with E-state index in [0.29, 0.717) is 29.6 Å². The molecule has 10 atom stereocenters. The van der Waals surface area contributed by atoms with Gasteiger partial charge in [-0.05, 0) is 104 Å². The van der Waals surface area contributed by atoms with Gasteiger partial charge in [-0.1, -0.05) is 60.1 Å². The maximum atomic E-state index is 13.4. The second-order valence-corrected chi connectivity index (χ2v) is 15.3. The first-order valence-electron chi connectivity index (χ1n) is 15.2. The van der Waals surface area contributed by atoms with Crippen LogP contribution in [0.15, 0.2) is 11.6 Å². The number of allylic oxidation sites excluding steroid dienone is 2. The fraction of sp³-hybridized carbons (Fsp3) is 0.879. The Balaban J connectivity index is 1.57. The fourth-order valence-corrected chi connectivity index (χ4v) is 11.4. The lowest BCUT2D eigenvalue weighted by molar-refractivity contribution is -0.214. The van der Waals surface area contributed by atoms with Crippen molar-refractivity contribution in [2.75, 3.05) is 7.11 Å². The van der Waals surface area contributed by atoms with Gasteiger partial charge in [0.2, 0.25) is 0 Å². The number of rotatable bonds is 2. The number of carbonyl (C=O) groups is 2. The predicted molar refractivity (Wildman–Crippen MR) is 147 cm³/mol. The molecule has 0 radical (unpaired) electrons. The quantitative estimate of drug-likeness (QED) is 0.280. The summed E-state index contributed by atoms with van der Waals surface area (Å²) in [5, 5.41) is 0. The lowest BCUT2D eigenvalue weighted by Gasteiger charge is -2.71. The molecule has 4 fully saturated rings. The molecule has 0 spiro atoms. The van der Waals surface area contributed by atoms with Gasteiger partial charge in [0, 0.05) is 12.3 Å². The third-order valence-corrected chi connectivity index (χ3v) is 13.8. The van der Waals surface area contributed by atoms with Crippen LogP contribution in [0.5, 0.6) is 0 Å². The number of fused-ring (bicyclic) bond motifs is 7. The standard InChI is InChI=1S/C33H52O4/c1-20-12-17-33(28(35)36-9)19-18-31(7)23(27(33)21(20)2)10-11-25-30(6)15-14-26(37-22(3)34)29(4,5)24(30)13-16-32(25,31)8/h10,20-21,24-27H,11-19H2,1-9H3/t20-,21-,24+,25+,26+,27+,30+,31-,32+,33+/m1/s1. The second kappa shape index (κ2) is 8.59. The van der Waals surface area contributed by atoms with Crippen molar-refractivity contribution in [2.24, 2.45) is 56.7 Å². The zero-order chi connectivity index (χ0) is 27.2. The van der Waals surface area contributed by atoms with Crippen LogP contribution in [0.3, 0.4) is 0 Å². The topological polar surface area (TPSA) is 52.6 Å². The average molecular weight is 513 g/mol. The van der Waals surface area contributed by atoms with E-state index in [4.69, 9.17) is 9.47 Å². The lowest BCUT2D eigenvalue weighted by Crippen LogP contribution is -2.65. The Morgan fingerprint density at radius 2 is 1.59 bits per heavy atom. The summed E-state index contributed by atoms with van der Waals surface area (Å²) >= 11 is 0. The minimum absolute atomic E-state index is 0.0117. The SMILES string of the molecule is COC(=O)[C@]12CC[C@@H](C)[C@@H](C)[C@H]1C1=CC[C@H]3[C@@]4(C)CC[C@H](OC(C)=O)C(C)(C)[C@@H]4CC[C@]3(C)[C@]1(C)CC2.